The maximum atomic E-state index is 13.0. The van der Waals surface area contributed by atoms with E-state index in [0.717, 1.165) is 17.7 Å². The Kier molecular flexibility index (Phi) is 7.03. The van der Waals surface area contributed by atoms with E-state index in [-0.39, 0.29) is 18.0 Å². The van der Waals surface area contributed by atoms with Gasteiger partial charge in [-0.05, 0) is 43.8 Å². The van der Waals surface area contributed by atoms with Crippen molar-refractivity contribution in [3.63, 3.8) is 0 Å². The van der Waals surface area contributed by atoms with Gasteiger partial charge in [-0.2, -0.15) is 13.2 Å². The highest BCUT2D eigenvalue weighted by atomic mass is 19.4. The molecule has 26 heavy (non-hydrogen) atoms. The van der Waals surface area contributed by atoms with Crippen molar-refractivity contribution in [2.24, 2.45) is 0 Å². The van der Waals surface area contributed by atoms with Crippen LogP contribution in [-0.2, 0) is 17.5 Å². The van der Waals surface area contributed by atoms with Crippen LogP contribution in [0.3, 0.4) is 0 Å². The third-order valence-electron chi connectivity index (χ3n) is 3.78. The molecule has 3 N–H and O–H groups in total. The molecule has 0 spiro atoms. The number of halogens is 3. The van der Waals surface area contributed by atoms with Crippen molar-refractivity contribution in [1.82, 2.24) is 5.32 Å². The number of alkyl halides is 3. The average Bonchev–Trinajstić information content (AvgIpc) is 2.61. The van der Waals surface area contributed by atoms with Gasteiger partial charge in [0, 0.05) is 13.0 Å². The van der Waals surface area contributed by atoms with Gasteiger partial charge in [0.1, 0.15) is 0 Å². The normalized spacial score (nSPS) is 11.2. The Morgan fingerprint density at radius 1 is 1.04 bits per heavy atom. The quantitative estimate of drug-likeness (QED) is 0.613. The van der Waals surface area contributed by atoms with E-state index in [9.17, 15) is 18.0 Å². The second kappa shape index (κ2) is 9.24. The second-order valence-corrected chi connectivity index (χ2v) is 5.85. The van der Waals surface area contributed by atoms with E-state index < -0.39 is 11.7 Å². The molecule has 4 nitrogen and oxygen atoms in total. The molecule has 7 heteroatoms. The summed E-state index contributed by atoms with van der Waals surface area (Å²) >= 11 is 0. The summed E-state index contributed by atoms with van der Waals surface area (Å²) in [5.41, 5.74) is 0.765. The standard InChI is InChI=1S/C19H22F3N3O/c1-23-11-5-8-18(26)25-17-12-15(19(20,21)22)9-10-16(17)24-13-14-6-3-2-4-7-14/h2-4,6-7,9-10,12,23-24H,5,8,11,13H2,1H3,(H,25,26). The van der Waals surface area contributed by atoms with Gasteiger partial charge in [0.15, 0.2) is 0 Å². The van der Waals surface area contributed by atoms with Crippen LogP contribution in [0.4, 0.5) is 24.5 Å². The molecular weight excluding hydrogens is 343 g/mol. The molecule has 2 aromatic carbocycles. The Morgan fingerprint density at radius 3 is 2.42 bits per heavy atom. The Morgan fingerprint density at radius 2 is 1.77 bits per heavy atom. The molecule has 0 fully saturated rings. The van der Waals surface area contributed by atoms with Crippen molar-refractivity contribution in [3.8, 4) is 0 Å². The topological polar surface area (TPSA) is 53.2 Å². The van der Waals surface area contributed by atoms with Gasteiger partial charge in [0.05, 0.1) is 16.9 Å². The molecule has 0 aliphatic rings. The molecule has 140 valence electrons. The van der Waals surface area contributed by atoms with Gasteiger partial charge in [-0.15, -0.1) is 0 Å². The molecule has 0 aliphatic heterocycles. The van der Waals surface area contributed by atoms with E-state index in [1.807, 2.05) is 30.3 Å². The fourth-order valence-corrected chi connectivity index (χ4v) is 2.41. The highest BCUT2D eigenvalue weighted by Gasteiger charge is 2.31. The lowest BCUT2D eigenvalue weighted by molar-refractivity contribution is -0.137. The molecular formula is C19H22F3N3O. The van der Waals surface area contributed by atoms with Crippen molar-refractivity contribution in [3.05, 3.63) is 59.7 Å². The first kappa shape index (κ1) is 19.8. The number of rotatable bonds is 8. The zero-order valence-corrected chi connectivity index (χ0v) is 14.5. The van der Waals surface area contributed by atoms with Crippen molar-refractivity contribution in [2.75, 3.05) is 24.2 Å². The lowest BCUT2D eigenvalue weighted by Crippen LogP contribution is -2.17. The van der Waals surface area contributed by atoms with E-state index in [0.29, 0.717) is 25.2 Å². The van der Waals surface area contributed by atoms with E-state index >= 15 is 0 Å². The molecule has 0 aromatic heterocycles. The minimum atomic E-state index is -4.47. The Bertz CT molecular complexity index is 718. The summed E-state index contributed by atoms with van der Waals surface area (Å²) in [6.07, 6.45) is -3.63. The van der Waals surface area contributed by atoms with Gasteiger partial charge in [0.25, 0.3) is 0 Å². The number of carbonyl (C=O) groups excluding carboxylic acids is 1. The fourth-order valence-electron chi connectivity index (χ4n) is 2.41. The highest BCUT2D eigenvalue weighted by Crippen LogP contribution is 2.34. The van der Waals surface area contributed by atoms with Crippen molar-refractivity contribution in [2.45, 2.75) is 25.6 Å². The van der Waals surface area contributed by atoms with Crippen LogP contribution < -0.4 is 16.0 Å². The molecule has 2 aromatic rings. The minimum Gasteiger partial charge on any atom is -0.379 e. The summed E-state index contributed by atoms with van der Waals surface area (Å²) in [4.78, 5) is 12.0. The average molecular weight is 365 g/mol. The summed E-state index contributed by atoms with van der Waals surface area (Å²) < 4.78 is 39.0. The lowest BCUT2D eigenvalue weighted by Gasteiger charge is -2.16. The number of amides is 1. The largest absolute Gasteiger partial charge is 0.416 e. The van der Waals surface area contributed by atoms with Crippen molar-refractivity contribution in [1.29, 1.82) is 0 Å². The van der Waals surface area contributed by atoms with Crippen LogP contribution >= 0.6 is 0 Å². The van der Waals surface area contributed by atoms with Crippen LogP contribution in [0, 0.1) is 0 Å². The smallest absolute Gasteiger partial charge is 0.379 e. The number of hydrogen-bond acceptors (Lipinski definition) is 3. The maximum absolute atomic E-state index is 13.0. The molecule has 0 radical (unpaired) electrons. The summed E-state index contributed by atoms with van der Waals surface area (Å²) in [5, 5.41) is 8.60. The first-order valence-electron chi connectivity index (χ1n) is 8.33. The van der Waals surface area contributed by atoms with Gasteiger partial charge in [-0.25, -0.2) is 0 Å². The number of nitrogens with one attached hydrogen (secondary N) is 3. The number of hydrogen-bond donors (Lipinski definition) is 3. The molecule has 0 saturated heterocycles. The van der Waals surface area contributed by atoms with Crippen LogP contribution in [0.15, 0.2) is 48.5 Å². The second-order valence-electron chi connectivity index (χ2n) is 5.85. The number of benzene rings is 2. The van der Waals surface area contributed by atoms with Crippen LogP contribution in [0.2, 0.25) is 0 Å². The molecule has 0 unspecified atom stereocenters. The third kappa shape index (κ3) is 6.07. The zero-order chi connectivity index (χ0) is 19.0. The van der Waals surface area contributed by atoms with Crippen LogP contribution in [0.25, 0.3) is 0 Å². The molecule has 0 saturated carbocycles. The van der Waals surface area contributed by atoms with E-state index in [4.69, 9.17) is 0 Å². The Labute approximate surface area is 150 Å². The van der Waals surface area contributed by atoms with Gasteiger partial charge in [-0.1, -0.05) is 30.3 Å². The molecule has 2 rings (SSSR count). The van der Waals surface area contributed by atoms with Gasteiger partial charge in [-0.3, -0.25) is 4.79 Å². The summed E-state index contributed by atoms with van der Waals surface area (Å²) in [6.45, 7) is 1.10. The number of carbonyl (C=O) groups is 1. The lowest BCUT2D eigenvalue weighted by atomic mass is 10.1. The van der Waals surface area contributed by atoms with E-state index in [2.05, 4.69) is 16.0 Å². The monoisotopic (exact) mass is 365 g/mol. The minimum absolute atomic E-state index is 0.130. The van der Waals surface area contributed by atoms with Crippen LogP contribution in [-0.4, -0.2) is 19.5 Å². The first-order chi connectivity index (χ1) is 12.4. The Hall–Kier alpha value is -2.54. The molecule has 0 atom stereocenters. The van der Waals surface area contributed by atoms with Gasteiger partial charge < -0.3 is 16.0 Å². The van der Waals surface area contributed by atoms with E-state index in [1.54, 1.807) is 7.05 Å². The van der Waals surface area contributed by atoms with Crippen LogP contribution in [0.5, 0.6) is 0 Å². The Balaban J connectivity index is 2.15. The molecule has 0 heterocycles. The molecule has 1 amide bonds. The predicted octanol–water partition coefficient (Wildman–Crippen LogP) is 4.26. The summed E-state index contributed by atoms with van der Waals surface area (Å²) in [7, 11) is 1.77. The molecule has 0 aliphatic carbocycles. The third-order valence-corrected chi connectivity index (χ3v) is 3.78. The highest BCUT2D eigenvalue weighted by molar-refractivity contribution is 5.94. The van der Waals surface area contributed by atoms with Crippen molar-refractivity contribution < 1.29 is 18.0 Å². The van der Waals surface area contributed by atoms with E-state index in [1.165, 1.54) is 6.07 Å². The van der Waals surface area contributed by atoms with Crippen LogP contribution in [0.1, 0.15) is 24.0 Å². The van der Waals surface area contributed by atoms with Gasteiger partial charge in [0.2, 0.25) is 5.91 Å². The maximum Gasteiger partial charge on any atom is 0.416 e. The molecule has 0 bridgehead atoms. The fraction of sp³-hybridized carbons (Fsp3) is 0.316. The van der Waals surface area contributed by atoms with Gasteiger partial charge >= 0.3 is 6.18 Å². The first-order valence-corrected chi connectivity index (χ1v) is 8.33. The SMILES string of the molecule is CNCCCC(=O)Nc1cc(C(F)(F)F)ccc1NCc1ccccc1. The number of anilines is 2. The zero-order valence-electron chi connectivity index (χ0n) is 14.5. The predicted molar refractivity (Wildman–Crippen MR) is 97.0 cm³/mol. The van der Waals surface area contributed by atoms with Crippen molar-refractivity contribution >= 4 is 17.3 Å². The summed E-state index contributed by atoms with van der Waals surface area (Å²) in [6, 6.07) is 12.8. The summed E-state index contributed by atoms with van der Waals surface area (Å²) in [5.74, 6) is -0.317.